The summed E-state index contributed by atoms with van der Waals surface area (Å²) >= 11 is 1.28. The average Bonchev–Trinajstić information content (AvgIpc) is 3.11. The van der Waals surface area contributed by atoms with Crippen LogP contribution in [0.4, 0.5) is 5.69 Å². The summed E-state index contributed by atoms with van der Waals surface area (Å²) in [6.45, 7) is 2.21. The summed E-state index contributed by atoms with van der Waals surface area (Å²) in [7, 11) is 3.39. The van der Waals surface area contributed by atoms with Gasteiger partial charge in [-0.3, -0.25) is 9.59 Å². The molecule has 0 spiro atoms. The van der Waals surface area contributed by atoms with E-state index in [4.69, 9.17) is 4.74 Å². The molecule has 2 aromatic carbocycles. The SMILES string of the molecule is COc1ccc(NC(=O)CSc2nnc(CNC(=O)c3ccc(C)cc3)n2C)cc1. The Bertz CT molecular complexity index is 1020. The first-order valence-corrected chi connectivity index (χ1v) is 10.2. The van der Waals surface area contributed by atoms with E-state index in [1.807, 2.05) is 19.1 Å². The number of methoxy groups -OCH3 is 1. The molecule has 0 atom stereocenters. The highest BCUT2D eigenvalue weighted by Crippen LogP contribution is 2.18. The fraction of sp³-hybridized carbons (Fsp3) is 0.238. The lowest BCUT2D eigenvalue weighted by Crippen LogP contribution is -2.24. The van der Waals surface area contributed by atoms with Crippen LogP contribution in [0.1, 0.15) is 21.7 Å². The minimum Gasteiger partial charge on any atom is -0.497 e. The molecule has 0 unspecified atom stereocenters. The Labute approximate surface area is 179 Å². The predicted octanol–water partition coefficient (Wildman–Crippen LogP) is 2.79. The summed E-state index contributed by atoms with van der Waals surface area (Å²) in [4.78, 5) is 24.4. The van der Waals surface area contributed by atoms with Crippen LogP contribution in [0.5, 0.6) is 5.75 Å². The van der Waals surface area contributed by atoms with Crippen molar-refractivity contribution in [2.75, 3.05) is 18.2 Å². The molecule has 0 aliphatic rings. The van der Waals surface area contributed by atoms with Crippen molar-refractivity contribution in [3.8, 4) is 5.75 Å². The lowest BCUT2D eigenvalue weighted by atomic mass is 10.1. The summed E-state index contributed by atoms with van der Waals surface area (Å²) < 4.78 is 6.86. The Morgan fingerprint density at radius 1 is 1.07 bits per heavy atom. The first-order valence-electron chi connectivity index (χ1n) is 9.26. The van der Waals surface area contributed by atoms with Crippen molar-refractivity contribution in [1.29, 1.82) is 0 Å². The molecule has 0 aliphatic heterocycles. The number of anilines is 1. The molecule has 0 saturated heterocycles. The van der Waals surface area contributed by atoms with E-state index in [1.165, 1.54) is 11.8 Å². The smallest absolute Gasteiger partial charge is 0.251 e. The van der Waals surface area contributed by atoms with Gasteiger partial charge < -0.3 is 19.9 Å². The molecule has 3 rings (SSSR count). The van der Waals surface area contributed by atoms with Gasteiger partial charge in [0.15, 0.2) is 11.0 Å². The molecule has 0 fully saturated rings. The Hall–Kier alpha value is -3.33. The second-order valence-corrected chi connectivity index (χ2v) is 7.51. The number of hydrogen-bond donors (Lipinski definition) is 2. The topological polar surface area (TPSA) is 98.1 Å². The van der Waals surface area contributed by atoms with Gasteiger partial charge in [-0.25, -0.2) is 0 Å². The lowest BCUT2D eigenvalue weighted by Gasteiger charge is -2.07. The van der Waals surface area contributed by atoms with Crippen LogP contribution in [0.25, 0.3) is 0 Å². The molecule has 0 radical (unpaired) electrons. The molecule has 2 amide bonds. The average molecular weight is 426 g/mol. The first kappa shape index (κ1) is 21.4. The monoisotopic (exact) mass is 425 g/mol. The number of ether oxygens (including phenoxy) is 1. The summed E-state index contributed by atoms with van der Waals surface area (Å²) in [5.74, 6) is 1.19. The van der Waals surface area contributed by atoms with E-state index in [-0.39, 0.29) is 24.1 Å². The molecular formula is C21H23N5O3S. The number of carbonyl (C=O) groups is 2. The van der Waals surface area contributed by atoms with Crippen LogP contribution >= 0.6 is 11.8 Å². The van der Waals surface area contributed by atoms with E-state index in [0.717, 1.165) is 11.3 Å². The summed E-state index contributed by atoms with van der Waals surface area (Å²) in [5.41, 5.74) is 2.38. The predicted molar refractivity (Wildman–Crippen MR) is 116 cm³/mol. The van der Waals surface area contributed by atoms with Crippen LogP contribution < -0.4 is 15.4 Å². The van der Waals surface area contributed by atoms with Crippen LogP contribution in [-0.2, 0) is 18.4 Å². The number of thioether (sulfide) groups is 1. The number of amides is 2. The van der Waals surface area contributed by atoms with Gasteiger partial charge >= 0.3 is 0 Å². The first-order chi connectivity index (χ1) is 14.5. The van der Waals surface area contributed by atoms with E-state index >= 15 is 0 Å². The fourth-order valence-corrected chi connectivity index (χ4v) is 3.32. The number of carbonyl (C=O) groups excluding carboxylic acids is 2. The van der Waals surface area contributed by atoms with Gasteiger partial charge in [-0.1, -0.05) is 29.5 Å². The molecule has 0 aliphatic carbocycles. The highest BCUT2D eigenvalue weighted by molar-refractivity contribution is 7.99. The van der Waals surface area contributed by atoms with Crippen molar-refractivity contribution >= 4 is 29.3 Å². The third-order valence-electron chi connectivity index (χ3n) is 4.35. The number of rotatable bonds is 8. The number of aromatic nitrogens is 3. The molecule has 30 heavy (non-hydrogen) atoms. The van der Waals surface area contributed by atoms with Gasteiger partial charge in [0.2, 0.25) is 5.91 Å². The fourth-order valence-electron chi connectivity index (χ4n) is 2.59. The zero-order valence-corrected chi connectivity index (χ0v) is 17.8. The van der Waals surface area contributed by atoms with Gasteiger partial charge in [0.1, 0.15) is 5.75 Å². The highest BCUT2D eigenvalue weighted by Gasteiger charge is 2.13. The zero-order valence-electron chi connectivity index (χ0n) is 17.0. The van der Waals surface area contributed by atoms with Crippen LogP contribution in [-0.4, -0.2) is 39.4 Å². The molecular weight excluding hydrogens is 402 g/mol. The van der Waals surface area contributed by atoms with E-state index < -0.39 is 0 Å². The van der Waals surface area contributed by atoms with Crippen molar-refractivity contribution in [2.45, 2.75) is 18.6 Å². The summed E-state index contributed by atoms with van der Waals surface area (Å²) in [6, 6.07) is 14.5. The number of benzene rings is 2. The quantitative estimate of drug-likeness (QED) is 0.539. The van der Waals surface area contributed by atoms with Gasteiger partial charge in [-0.05, 0) is 43.3 Å². The molecule has 0 bridgehead atoms. The Balaban J connectivity index is 1.50. The molecule has 156 valence electrons. The maximum absolute atomic E-state index is 12.2. The maximum Gasteiger partial charge on any atom is 0.251 e. The van der Waals surface area contributed by atoms with Crippen molar-refractivity contribution in [3.63, 3.8) is 0 Å². The van der Waals surface area contributed by atoms with Gasteiger partial charge in [0, 0.05) is 18.3 Å². The number of nitrogens with zero attached hydrogens (tertiary/aromatic N) is 3. The largest absolute Gasteiger partial charge is 0.497 e. The van der Waals surface area contributed by atoms with Gasteiger partial charge in [-0.2, -0.15) is 0 Å². The van der Waals surface area contributed by atoms with Crippen molar-refractivity contribution < 1.29 is 14.3 Å². The molecule has 1 aromatic heterocycles. The number of hydrogen-bond acceptors (Lipinski definition) is 6. The molecule has 2 N–H and O–H groups in total. The number of aryl methyl sites for hydroxylation is 1. The van der Waals surface area contributed by atoms with Gasteiger partial charge in [0.25, 0.3) is 5.91 Å². The van der Waals surface area contributed by atoms with E-state index in [9.17, 15) is 9.59 Å². The minimum atomic E-state index is -0.175. The van der Waals surface area contributed by atoms with Gasteiger partial charge in [-0.15, -0.1) is 10.2 Å². The third-order valence-corrected chi connectivity index (χ3v) is 5.37. The third kappa shape index (κ3) is 5.60. The molecule has 3 aromatic rings. The maximum atomic E-state index is 12.2. The molecule has 0 saturated carbocycles. The van der Waals surface area contributed by atoms with Crippen molar-refractivity contribution in [2.24, 2.45) is 7.05 Å². The van der Waals surface area contributed by atoms with Crippen LogP contribution in [0.15, 0.2) is 53.7 Å². The Kier molecular flexibility index (Phi) is 7.08. The minimum absolute atomic E-state index is 0.151. The summed E-state index contributed by atoms with van der Waals surface area (Å²) in [6.07, 6.45) is 0. The second kappa shape index (κ2) is 9.93. The normalized spacial score (nSPS) is 10.5. The van der Waals surface area contributed by atoms with Crippen LogP contribution in [0, 0.1) is 6.92 Å². The molecule has 9 heteroatoms. The highest BCUT2D eigenvalue weighted by atomic mass is 32.2. The molecule has 1 heterocycles. The molecule has 8 nitrogen and oxygen atoms in total. The van der Waals surface area contributed by atoms with Crippen molar-refractivity contribution in [3.05, 3.63) is 65.5 Å². The lowest BCUT2D eigenvalue weighted by molar-refractivity contribution is -0.113. The van der Waals surface area contributed by atoms with E-state index in [0.29, 0.717) is 22.2 Å². The van der Waals surface area contributed by atoms with E-state index in [1.54, 1.807) is 55.1 Å². The Morgan fingerprint density at radius 2 is 1.77 bits per heavy atom. The van der Waals surface area contributed by atoms with Crippen molar-refractivity contribution in [1.82, 2.24) is 20.1 Å². The van der Waals surface area contributed by atoms with E-state index in [2.05, 4.69) is 20.8 Å². The Morgan fingerprint density at radius 3 is 2.43 bits per heavy atom. The standard InChI is InChI=1S/C21H23N5O3S/c1-14-4-6-15(7-5-14)20(28)22-12-18-24-25-21(26(18)2)30-13-19(27)23-16-8-10-17(29-3)11-9-16/h4-11H,12-13H2,1-3H3,(H,22,28)(H,23,27). The number of nitrogens with one attached hydrogen (secondary N) is 2. The second-order valence-electron chi connectivity index (χ2n) is 6.57. The van der Waals surface area contributed by atoms with Crippen LogP contribution in [0.2, 0.25) is 0 Å². The zero-order chi connectivity index (χ0) is 21.5. The van der Waals surface area contributed by atoms with Gasteiger partial charge in [0.05, 0.1) is 19.4 Å². The van der Waals surface area contributed by atoms with Crippen LogP contribution in [0.3, 0.4) is 0 Å². The summed E-state index contributed by atoms with van der Waals surface area (Å²) in [5, 5.41) is 14.5.